The summed E-state index contributed by atoms with van der Waals surface area (Å²) in [6, 6.07) is 0.00838. The Bertz CT molecular complexity index is 207. The van der Waals surface area contributed by atoms with Crippen molar-refractivity contribution in [1.29, 1.82) is 0 Å². The van der Waals surface area contributed by atoms with Crippen molar-refractivity contribution in [3.05, 3.63) is 0 Å². The SMILES string of the molecule is O=C(C1CCCCN1)N1CCC(O)C1. The molecule has 0 aromatic heterocycles. The van der Waals surface area contributed by atoms with Crippen LogP contribution in [0, 0.1) is 0 Å². The average molecular weight is 198 g/mol. The van der Waals surface area contributed by atoms with Crippen molar-refractivity contribution in [1.82, 2.24) is 10.2 Å². The van der Waals surface area contributed by atoms with Crippen LogP contribution in [0.3, 0.4) is 0 Å². The summed E-state index contributed by atoms with van der Waals surface area (Å²) >= 11 is 0. The van der Waals surface area contributed by atoms with Gasteiger partial charge in [-0.25, -0.2) is 0 Å². The molecule has 14 heavy (non-hydrogen) atoms. The second kappa shape index (κ2) is 4.28. The molecule has 2 N–H and O–H groups in total. The second-order valence-electron chi connectivity index (χ2n) is 4.23. The minimum absolute atomic E-state index is 0.00838. The molecule has 0 aromatic carbocycles. The number of aliphatic hydroxyl groups excluding tert-OH is 1. The van der Waals surface area contributed by atoms with E-state index in [-0.39, 0.29) is 18.1 Å². The first-order valence-electron chi connectivity index (χ1n) is 5.47. The van der Waals surface area contributed by atoms with Crippen LogP contribution < -0.4 is 5.32 Å². The molecule has 4 nitrogen and oxygen atoms in total. The Morgan fingerprint density at radius 3 is 2.79 bits per heavy atom. The molecule has 2 aliphatic heterocycles. The van der Waals surface area contributed by atoms with Crippen molar-refractivity contribution < 1.29 is 9.90 Å². The largest absolute Gasteiger partial charge is 0.391 e. The van der Waals surface area contributed by atoms with Gasteiger partial charge in [-0.1, -0.05) is 6.42 Å². The van der Waals surface area contributed by atoms with Crippen LogP contribution in [-0.4, -0.2) is 47.7 Å². The third-order valence-corrected chi connectivity index (χ3v) is 3.08. The van der Waals surface area contributed by atoms with Crippen LogP contribution >= 0.6 is 0 Å². The van der Waals surface area contributed by atoms with Crippen molar-refractivity contribution in [2.45, 2.75) is 37.8 Å². The van der Waals surface area contributed by atoms with Crippen LogP contribution in [-0.2, 0) is 4.79 Å². The van der Waals surface area contributed by atoms with Gasteiger partial charge in [-0.15, -0.1) is 0 Å². The van der Waals surface area contributed by atoms with E-state index in [1.165, 1.54) is 6.42 Å². The summed E-state index contributed by atoms with van der Waals surface area (Å²) in [6.45, 7) is 2.20. The summed E-state index contributed by atoms with van der Waals surface area (Å²) in [5.41, 5.74) is 0. The van der Waals surface area contributed by atoms with Crippen molar-refractivity contribution in [2.75, 3.05) is 19.6 Å². The highest BCUT2D eigenvalue weighted by Crippen LogP contribution is 2.14. The summed E-state index contributed by atoms with van der Waals surface area (Å²) in [7, 11) is 0. The Kier molecular flexibility index (Phi) is 3.03. The zero-order chi connectivity index (χ0) is 9.97. The fraction of sp³-hybridized carbons (Fsp3) is 0.900. The summed E-state index contributed by atoms with van der Waals surface area (Å²) in [5, 5.41) is 12.6. The molecule has 2 saturated heterocycles. The van der Waals surface area contributed by atoms with Crippen LogP contribution in [0.15, 0.2) is 0 Å². The van der Waals surface area contributed by atoms with Crippen molar-refractivity contribution >= 4 is 5.91 Å². The van der Waals surface area contributed by atoms with E-state index in [0.717, 1.165) is 32.4 Å². The fourth-order valence-corrected chi connectivity index (χ4v) is 2.22. The first-order valence-corrected chi connectivity index (χ1v) is 5.47. The highest BCUT2D eigenvalue weighted by Gasteiger charge is 2.30. The van der Waals surface area contributed by atoms with Crippen molar-refractivity contribution in [3.63, 3.8) is 0 Å². The fourth-order valence-electron chi connectivity index (χ4n) is 2.22. The van der Waals surface area contributed by atoms with Crippen molar-refractivity contribution in [3.8, 4) is 0 Å². The monoisotopic (exact) mass is 198 g/mol. The van der Waals surface area contributed by atoms with E-state index in [1.54, 1.807) is 4.90 Å². The zero-order valence-corrected chi connectivity index (χ0v) is 8.41. The zero-order valence-electron chi connectivity index (χ0n) is 8.41. The molecular weight excluding hydrogens is 180 g/mol. The van der Waals surface area contributed by atoms with Gasteiger partial charge in [-0.3, -0.25) is 4.79 Å². The van der Waals surface area contributed by atoms with Gasteiger partial charge >= 0.3 is 0 Å². The number of hydrogen-bond donors (Lipinski definition) is 2. The van der Waals surface area contributed by atoms with E-state index in [1.807, 2.05) is 0 Å². The van der Waals surface area contributed by atoms with E-state index in [0.29, 0.717) is 6.54 Å². The number of β-amino-alcohol motifs (C(OH)–C–C–N with tert-alkyl or cyclic N) is 1. The maximum atomic E-state index is 11.9. The predicted molar refractivity (Wildman–Crippen MR) is 52.8 cm³/mol. The molecule has 2 fully saturated rings. The second-order valence-corrected chi connectivity index (χ2v) is 4.23. The van der Waals surface area contributed by atoms with Gasteiger partial charge in [0.1, 0.15) is 0 Å². The summed E-state index contributed by atoms with van der Waals surface area (Å²) in [4.78, 5) is 13.7. The average Bonchev–Trinajstić information content (AvgIpc) is 2.65. The molecule has 0 saturated carbocycles. The number of carbonyl (C=O) groups is 1. The lowest BCUT2D eigenvalue weighted by molar-refractivity contribution is -0.133. The van der Waals surface area contributed by atoms with Gasteiger partial charge in [-0.2, -0.15) is 0 Å². The first-order chi connectivity index (χ1) is 6.77. The van der Waals surface area contributed by atoms with Crippen LogP contribution in [0.1, 0.15) is 25.7 Å². The topological polar surface area (TPSA) is 52.6 Å². The number of rotatable bonds is 1. The van der Waals surface area contributed by atoms with E-state index in [9.17, 15) is 9.90 Å². The Morgan fingerprint density at radius 2 is 2.21 bits per heavy atom. The smallest absolute Gasteiger partial charge is 0.239 e. The minimum Gasteiger partial charge on any atom is -0.391 e. The van der Waals surface area contributed by atoms with E-state index >= 15 is 0 Å². The van der Waals surface area contributed by atoms with Gasteiger partial charge in [0.2, 0.25) is 5.91 Å². The molecule has 80 valence electrons. The number of aliphatic hydroxyl groups is 1. The molecule has 2 rings (SSSR count). The van der Waals surface area contributed by atoms with Gasteiger partial charge < -0.3 is 15.3 Å². The third-order valence-electron chi connectivity index (χ3n) is 3.08. The van der Waals surface area contributed by atoms with Crippen LogP contribution in [0.4, 0.5) is 0 Å². The van der Waals surface area contributed by atoms with E-state index in [2.05, 4.69) is 5.32 Å². The summed E-state index contributed by atoms with van der Waals surface area (Å²) in [5.74, 6) is 0.182. The van der Waals surface area contributed by atoms with Gasteiger partial charge in [0.15, 0.2) is 0 Å². The molecule has 2 aliphatic rings. The number of hydrogen-bond acceptors (Lipinski definition) is 3. The lowest BCUT2D eigenvalue weighted by Gasteiger charge is -2.27. The summed E-state index contributed by atoms with van der Waals surface area (Å²) in [6.07, 6.45) is 3.69. The molecule has 2 atom stereocenters. The van der Waals surface area contributed by atoms with Gasteiger partial charge in [0, 0.05) is 13.1 Å². The lowest BCUT2D eigenvalue weighted by atomic mass is 10.0. The maximum absolute atomic E-state index is 11.9. The highest BCUT2D eigenvalue weighted by atomic mass is 16.3. The molecule has 2 unspecified atom stereocenters. The van der Waals surface area contributed by atoms with Gasteiger partial charge in [0.25, 0.3) is 0 Å². The standard InChI is InChI=1S/C10H18N2O2/c13-8-4-6-12(7-8)10(14)9-3-1-2-5-11-9/h8-9,11,13H,1-7H2. The third kappa shape index (κ3) is 2.07. The number of piperidine rings is 1. The molecule has 0 spiro atoms. The van der Waals surface area contributed by atoms with Crippen molar-refractivity contribution in [2.24, 2.45) is 0 Å². The van der Waals surface area contributed by atoms with Crippen LogP contribution in [0.5, 0.6) is 0 Å². The van der Waals surface area contributed by atoms with E-state index < -0.39 is 0 Å². The number of nitrogens with zero attached hydrogens (tertiary/aromatic N) is 1. The normalized spacial score (nSPS) is 33.4. The Labute approximate surface area is 84.3 Å². The molecule has 1 amide bonds. The molecule has 2 heterocycles. The number of amides is 1. The van der Waals surface area contributed by atoms with Gasteiger partial charge in [-0.05, 0) is 25.8 Å². The molecule has 4 heteroatoms. The molecule has 0 aromatic rings. The first kappa shape index (κ1) is 9.93. The van der Waals surface area contributed by atoms with Crippen LogP contribution in [0.2, 0.25) is 0 Å². The number of nitrogens with one attached hydrogen (secondary N) is 1. The lowest BCUT2D eigenvalue weighted by Crippen LogP contribution is -2.48. The Morgan fingerprint density at radius 1 is 1.36 bits per heavy atom. The van der Waals surface area contributed by atoms with E-state index in [4.69, 9.17) is 0 Å². The highest BCUT2D eigenvalue weighted by molar-refractivity contribution is 5.82. The Hall–Kier alpha value is -0.610. The quantitative estimate of drug-likeness (QED) is 0.609. The molecular formula is C10H18N2O2. The minimum atomic E-state index is -0.303. The van der Waals surface area contributed by atoms with Crippen LogP contribution in [0.25, 0.3) is 0 Å². The number of carbonyl (C=O) groups excluding carboxylic acids is 1. The summed E-state index contributed by atoms with van der Waals surface area (Å²) < 4.78 is 0. The number of likely N-dealkylation sites (tertiary alicyclic amines) is 1. The van der Waals surface area contributed by atoms with Gasteiger partial charge in [0.05, 0.1) is 12.1 Å². The molecule has 0 radical (unpaired) electrons. The predicted octanol–water partition coefficient (Wildman–Crippen LogP) is -0.278. The molecule has 0 bridgehead atoms. The maximum Gasteiger partial charge on any atom is 0.239 e. The molecule has 0 aliphatic carbocycles. The Balaban J connectivity index is 1.87.